The van der Waals surface area contributed by atoms with Crippen LogP contribution in [0.5, 0.6) is 5.75 Å². The Morgan fingerprint density at radius 1 is 1.27 bits per heavy atom. The van der Waals surface area contributed by atoms with E-state index in [4.69, 9.17) is 16.3 Å². The monoisotopic (exact) mass is 469 g/mol. The summed E-state index contributed by atoms with van der Waals surface area (Å²) >= 11 is 6.30. The summed E-state index contributed by atoms with van der Waals surface area (Å²) in [6.07, 6.45) is 6.37. The molecule has 33 heavy (non-hydrogen) atoms. The van der Waals surface area contributed by atoms with Crippen molar-refractivity contribution in [2.75, 3.05) is 24.6 Å². The van der Waals surface area contributed by atoms with Gasteiger partial charge in [-0.1, -0.05) is 43.5 Å². The van der Waals surface area contributed by atoms with Crippen molar-refractivity contribution in [1.29, 1.82) is 0 Å². The number of fused-ring (bicyclic) bond motifs is 1. The average Bonchev–Trinajstić information content (AvgIpc) is 2.94. The molecule has 4 rings (SSSR count). The molecule has 1 aliphatic carbocycles. The third-order valence-corrected chi connectivity index (χ3v) is 7.24. The summed E-state index contributed by atoms with van der Waals surface area (Å²) in [6.45, 7) is 4.46. The molecule has 5 nitrogen and oxygen atoms in total. The van der Waals surface area contributed by atoms with Crippen molar-refractivity contribution in [3.8, 4) is 5.75 Å². The van der Waals surface area contributed by atoms with Gasteiger partial charge in [0.2, 0.25) is 0 Å². The maximum Gasteiger partial charge on any atom is 0.311 e. The van der Waals surface area contributed by atoms with E-state index in [0.717, 1.165) is 42.4 Å². The lowest BCUT2D eigenvalue weighted by Crippen LogP contribution is -2.35. The van der Waals surface area contributed by atoms with Crippen molar-refractivity contribution in [2.45, 2.75) is 57.3 Å². The highest BCUT2D eigenvalue weighted by atomic mass is 35.5. The molecule has 0 saturated heterocycles. The number of carboxylic acid groups (broad SMARTS) is 1. The lowest BCUT2D eigenvalue weighted by molar-refractivity contribution is -0.139. The number of anilines is 1. The van der Waals surface area contributed by atoms with Crippen molar-refractivity contribution in [3.05, 3.63) is 58.1 Å². The maximum absolute atomic E-state index is 11.8. The molecule has 0 spiro atoms. The van der Waals surface area contributed by atoms with Crippen molar-refractivity contribution in [2.24, 2.45) is 5.92 Å². The van der Waals surface area contributed by atoms with Gasteiger partial charge in [0, 0.05) is 30.5 Å². The second-order valence-corrected chi connectivity index (χ2v) is 9.76. The fraction of sp³-hybridized carbons (Fsp3) is 0.481. The summed E-state index contributed by atoms with van der Waals surface area (Å²) < 4.78 is 6.31. The van der Waals surface area contributed by atoms with E-state index in [0.29, 0.717) is 24.4 Å². The highest BCUT2D eigenvalue weighted by Gasteiger charge is 2.30. The third kappa shape index (κ3) is 5.35. The van der Waals surface area contributed by atoms with Gasteiger partial charge in [0.1, 0.15) is 12.0 Å². The second kappa shape index (κ2) is 10.6. The molecule has 0 aromatic heterocycles. The van der Waals surface area contributed by atoms with Gasteiger partial charge in [-0.3, -0.25) is 4.79 Å². The van der Waals surface area contributed by atoms with Crippen molar-refractivity contribution < 1.29 is 19.4 Å². The molecule has 1 unspecified atom stereocenters. The van der Waals surface area contributed by atoms with Crippen LogP contribution in [0.4, 0.5) is 5.69 Å². The minimum absolute atomic E-state index is 0.0363. The van der Waals surface area contributed by atoms with Crippen LogP contribution in [0.15, 0.2) is 36.4 Å². The van der Waals surface area contributed by atoms with Crippen LogP contribution in [-0.2, 0) is 16.0 Å². The maximum atomic E-state index is 11.8. The predicted molar refractivity (Wildman–Crippen MR) is 131 cm³/mol. The quantitative estimate of drug-likeness (QED) is 0.468. The SMILES string of the molecule is CCCc1cc(Cl)ccc1C1COc2ccc([C@@H](CC=O)C(=O)O)cc2N(CC2CCC2)C1. The average molecular weight is 470 g/mol. The topological polar surface area (TPSA) is 66.8 Å². The van der Waals surface area contributed by atoms with Gasteiger partial charge in [0.15, 0.2) is 0 Å². The molecule has 0 radical (unpaired) electrons. The molecular weight excluding hydrogens is 438 g/mol. The standard InChI is InChI=1S/C27H32ClNO4/c1-2-4-19-13-22(28)8-9-23(19)21-16-29(15-18-5-3-6-18)25-14-20(7-10-26(25)33-17-21)24(11-12-30)27(31)32/h7-10,12-14,18,21,24H,2-6,11,15-17H2,1H3,(H,31,32)/t21?,24-/m1/s1. The zero-order valence-electron chi connectivity index (χ0n) is 19.1. The van der Waals surface area contributed by atoms with Crippen LogP contribution in [0.25, 0.3) is 0 Å². The Labute approximate surface area is 200 Å². The molecule has 0 bridgehead atoms. The van der Waals surface area contributed by atoms with Gasteiger partial charge >= 0.3 is 5.97 Å². The lowest BCUT2D eigenvalue weighted by Gasteiger charge is -2.35. The van der Waals surface area contributed by atoms with Crippen LogP contribution in [0.3, 0.4) is 0 Å². The van der Waals surface area contributed by atoms with Gasteiger partial charge in [-0.25, -0.2) is 0 Å². The van der Waals surface area contributed by atoms with Crippen LogP contribution in [0.2, 0.25) is 5.02 Å². The first-order valence-electron chi connectivity index (χ1n) is 12.0. The lowest BCUT2D eigenvalue weighted by atomic mass is 9.84. The first-order chi connectivity index (χ1) is 16.0. The number of aryl methyl sites for hydroxylation is 1. The van der Waals surface area contributed by atoms with Gasteiger partial charge in [0.05, 0.1) is 18.2 Å². The molecule has 1 saturated carbocycles. The van der Waals surface area contributed by atoms with E-state index in [1.807, 2.05) is 18.2 Å². The Hall–Kier alpha value is -2.53. The Bertz CT molecular complexity index is 1000. The molecule has 1 fully saturated rings. The molecule has 2 atom stereocenters. The van der Waals surface area contributed by atoms with Crippen LogP contribution in [0.1, 0.15) is 67.6 Å². The van der Waals surface area contributed by atoms with E-state index in [1.54, 1.807) is 6.07 Å². The number of rotatable bonds is 9. The van der Waals surface area contributed by atoms with Gasteiger partial charge in [0.25, 0.3) is 0 Å². The summed E-state index contributed by atoms with van der Waals surface area (Å²) in [5, 5.41) is 10.4. The van der Waals surface area contributed by atoms with E-state index in [9.17, 15) is 14.7 Å². The number of carbonyl (C=O) groups excluding carboxylic acids is 1. The summed E-state index contributed by atoms with van der Waals surface area (Å²) in [4.78, 5) is 25.3. The Kier molecular flexibility index (Phi) is 7.59. The summed E-state index contributed by atoms with van der Waals surface area (Å²) in [6, 6.07) is 11.7. The fourth-order valence-electron chi connectivity index (χ4n) is 5.01. The van der Waals surface area contributed by atoms with Crippen molar-refractivity contribution in [1.82, 2.24) is 0 Å². The highest BCUT2D eigenvalue weighted by Crippen LogP contribution is 2.40. The van der Waals surface area contributed by atoms with E-state index < -0.39 is 11.9 Å². The Morgan fingerprint density at radius 3 is 2.76 bits per heavy atom. The minimum atomic E-state index is -0.981. The molecule has 176 valence electrons. The number of nitrogens with zero attached hydrogens (tertiary/aromatic N) is 1. The highest BCUT2D eigenvalue weighted by molar-refractivity contribution is 6.30. The molecule has 2 aromatic carbocycles. The first-order valence-corrected chi connectivity index (χ1v) is 12.3. The van der Waals surface area contributed by atoms with E-state index >= 15 is 0 Å². The van der Waals surface area contributed by atoms with Gasteiger partial charge < -0.3 is 19.5 Å². The van der Waals surface area contributed by atoms with Crippen molar-refractivity contribution >= 4 is 29.5 Å². The van der Waals surface area contributed by atoms with Gasteiger partial charge in [-0.2, -0.15) is 0 Å². The summed E-state index contributed by atoms with van der Waals surface area (Å²) in [5.74, 6) is -0.215. The Balaban J connectivity index is 1.69. The number of halogens is 1. The van der Waals surface area contributed by atoms with E-state index in [-0.39, 0.29) is 12.3 Å². The molecule has 1 aliphatic heterocycles. The molecule has 1 N–H and O–H groups in total. The number of aldehydes is 1. The summed E-state index contributed by atoms with van der Waals surface area (Å²) in [5.41, 5.74) is 4.13. The second-order valence-electron chi connectivity index (χ2n) is 9.32. The largest absolute Gasteiger partial charge is 0.491 e. The predicted octanol–water partition coefficient (Wildman–Crippen LogP) is 5.83. The van der Waals surface area contributed by atoms with Crippen molar-refractivity contribution in [3.63, 3.8) is 0 Å². The number of ether oxygens (including phenoxy) is 1. The van der Waals surface area contributed by atoms with Gasteiger partial charge in [-0.15, -0.1) is 0 Å². The molecule has 0 amide bonds. The van der Waals surface area contributed by atoms with Crippen LogP contribution >= 0.6 is 11.6 Å². The van der Waals surface area contributed by atoms with Crippen LogP contribution < -0.4 is 9.64 Å². The zero-order valence-corrected chi connectivity index (χ0v) is 19.9. The van der Waals surface area contributed by atoms with Crippen LogP contribution in [-0.4, -0.2) is 37.1 Å². The van der Waals surface area contributed by atoms with E-state index in [1.165, 1.54) is 30.4 Å². The normalized spacial score (nSPS) is 19.1. The van der Waals surface area contributed by atoms with Crippen LogP contribution in [0, 0.1) is 5.92 Å². The molecule has 1 heterocycles. The first kappa shape index (κ1) is 23.6. The number of carboxylic acids is 1. The number of aliphatic carboxylic acids is 1. The summed E-state index contributed by atoms with van der Waals surface area (Å²) in [7, 11) is 0. The Morgan fingerprint density at radius 2 is 2.09 bits per heavy atom. The molecule has 2 aromatic rings. The smallest absolute Gasteiger partial charge is 0.311 e. The molecular formula is C27H32ClNO4. The van der Waals surface area contributed by atoms with Gasteiger partial charge in [-0.05, 0) is 66.1 Å². The minimum Gasteiger partial charge on any atom is -0.491 e. The number of hydrogen-bond donors (Lipinski definition) is 1. The molecule has 2 aliphatic rings. The number of carbonyl (C=O) groups is 2. The number of benzene rings is 2. The number of hydrogen-bond acceptors (Lipinski definition) is 4. The zero-order chi connectivity index (χ0) is 23.4. The fourth-order valence-corrected chi connectivity index (χ4v) is 5.20. The third-order valence-electron chi connectivity index (χ3n) is 7.00. The van der Waals surface area contributed by atoms with E-state index in [2.05, 4.69) is 24.0 Å². The molecule has 6 heteroatoms.